The lowest BCUT2D eigenvalue weighted by Crippen LogP contribution is -2.61. The predicted octanol–water partition coefficient (Wildman–Crippen LogP) is 4.54. The summed E-state index contributed by atoms with van der Waals surface area (Å²) in [6.07, 6.45) is 9.00. The lowest BCUT2D eigenvalue weighted by Gasteiger charge is -2.60. The average molecular weight is 433 g/mol. The van der Waals surface area contributed by atoms with E-state index in [1.165, 1.54) is 25.7 Å². The zero-order valence-electron chi connectivity index (χ0n) is 20.6. The Bertz CT molecular complexity index is 699. The Kier molecular flexibility index (Phi) is 6.22. The molecule has 1 saturated heterocycles. The van der Waals surface area contributed by atoms with Crippen LogP contribution < -0.4 is 5.32 Å². The van der Waals surface area contributed by atoms with E-state index in [-0.39, 0.29) is 47.4 Å². The van der Waals surface area contributed by atoms with E-state index in [1.54, 1.807) is 0 Å². The van der Waals surface area contributed by atoms with E-state index in [4.69, 9.17) is 4.74 Å². The highest BCUT2D eigenvalue weighted by Crippen LogP contribution is 2.64. The van der Waals surface area contributed by atoms with E-state index < -0.39 is 0 Å². The zero-order chi connectivity index (χ0) is 22.6. The summed E-state index contributed by atoms with van der Waals surface area (Å²) in [5.41, 5.74) is 0.436. The molecule has 31 heavy (non-hydrogen) atoms. The van der Waals surface area contributed by atoms with E-state index in [0.29, 0.717) is 24.3 Å². The molecule has 0 bridgehead atoms. The van der Waals surface area contributed by atoms with Gasteiger partial charge in [-0.2, -0.15) is 0 Å². The van der Waals surface area contributed by atoms with Crippen LogP contribution in [0.5, 0.6) is 0 Å². The fourth-order valence-electron chi connectivity index (χ4n) is 8.35. The summed E-state index contributed by atoms with van der Waals surface area (Å²) >= 11 is 0. The zero-order valence-corrected chi connectivity index (χ0v) is 20.6. The molecule has 5 nitrogen and oxygen atoms in total. The second-order valence-corrected chi connectivity index (χ2v) is 12.0. The molecule has 0 spiro atoms. The minimum atomic E-state index is 0.122. The van der Waals surface area contributed by atoms with Crippen LogP contribution in [-0.2, 0) is 14.3 Å². The van der Waals surface area contributed by atoms with Crippen molar-refractivity contribution in [3.05, 3.63) is 0 Å². The SMILES string of the molecule is CC(C)N(C(=O)CO[C@H]1CC[C@H]2[C@@H]3CC[C@H]4NC(=O)CC[C@]4(C)[C@H]3CC[C@]12C)C(C)C. The maximum absolute atomic E-state index is 12.9. The van der Waals surface area contributed by atoms with Gasteiger partial charge in [-0.25, -0.2) is 0 Å². The number of piperidine rings is 1. The molecule has 4 rings (SSSR count). The summed E-state index contributed by atoms with van der Waals surface area (Å²) < 4.78 is 6.40. The first-order valence-electron chi connectivity index (χ1n) is 12.8. The molecule has 0 unspecified atom stereocenters. The third-order valence-corrected chi connectivity index (χ3v) is 9.82. The number of hydrogen-bond donors (Lipinski definition) is 1. The molecule has 1 heterocycles. The highest BCUT2D eigenvalue weighted by molar-refractivity contribution is 5.78. The van der Waals surface area contributed by atoms with Crippen LogP contribution >= 0.6 is 0 Å². The molecule has 1 aliphatic heterocycles. The number of rotatable bonds is 5. The van der Waals surface area contributed by atoms with Crippen molar-refractivity contribution in [3.8, 4) is 0 Å². The summed E-state index contributed by atoms with van der Waals surface area (Å²) in [5, 5.41) is 3.33. The molecule has 4 aliphatic rings. The maximum atomic E-state index is 12.9. The number of carbonyl (C=O) groups excluding carboxylic acids is 2. The highest BCUT2D eigenvalue weighted by atomic mass is 16.5. The number of carbonyl (C=O) groups is 2. The molecule has 0 aromatic rings. The van der Waals surface area contributed by atoms with E-state index in [1.807, 2.05) is 4.90 Å². The summed E-state index contributed by atoms with van der Waals surface area (Å²) in [5.74, 6) is 2.51. The van der Waals surface area contributed by atoms with Crippen LogP contribution in [-0.4, -0.2) is 47.6 Å². The van der Waals surface area contributed by atoms with E-state index in [9.17, 15) is 9.59 Å². The predicted molar refractivity (Wildman–Crippen MR) is 122 cm³/mol. The Morgan fingerprint density at radius 3 is 2.35 bits per heavy atom. The van der Waals surface area contributed by atoms with Crippen molar-refractivity contribution >= 4 is 11.8 Å². The molecule has 7 atom stereocenters. The third kappa shape index (κ3) is 3.83. The Balaban J connectivity index is 1.44. The van der Waals surface area contributed by atoms with Gasteiger partial charge in [0.25, 0.3) is 0 Å². The fourth-order valence-corrected chi connectivity index (χ4v) is 8.35. The van der Waals surface area contributed by atoms with Crippen molar-refractivity contribution < 1.29 is 14.3 Å². The lowest BCUT2D eigenvalue weighted by atomic mass is 9.47. The molecule has 0 aromatic heterocycles. The van der Waals surface area contributed by atoms with Gasteiger partial charge in [0.2, 0.25) is 11.8 Å². The Morgan fingerprint density at radius 2 is 1.68 bits per heavy atom. The number of fused-ring (bicyclic) bond motifs is 5. The molecular formula is C26H44N2O3. The average Bonchev–Trinajstić information content (AvgIpc) is 3.02. The Morgan fingerprint density at radius 1 is 1.00 bits per heavy atom. The van der Waals surface area contributed by atoms with Crippen LogP contribution in [0.2, 0.25) is 0 Å². The first kappa shape index (κ1) is 23.1. The van der Waals surface area contributed by atoms with Crippen molar-refractivity contribution in [1.82, 2.24) is 10.2 Å². The third-order valence-electron chi connectivity index (χ3n) is 9.82. The lowest BCUT2D eigenvalue weighted by molar-refractivity contribution is -0.152. The Hall–Kier alpha value is -1.10. The number of ether oxygens (including phenoxy) is 1. The molecule has 2 amide bonds. The van der Waals surface area contributed by atoms with Crippen molar-refractivity contribution in [2.45, 2.75) is 117 Å². The summed E-state index contributed by atoms with van der Waals surface area (Å²) in [6, 6.07) is 0.763. The van der Waals surface area contributed by atoms with Gasteiger partial charge in [0.15, 0.2) is 0 Å². The van der Waals surface area contributed by atoms with Crippen LogP contribution in [0.1, 0.15) is 92.9 Å². The number of nitrogens with zero attached hydrogens (tertiary/aromatic N) is 1. The Labute approximate surface area is 189 Å². The van der Waals surface area contributed by atoms with Crippen molar-refractivity contribution in [2.75, 3.05) is 6.61 Å². The second kappa shape index (κ2) is 8.35. The number of amides is 2. The molecule has 0 radical (unpaired) electrons. The second-order valence-electron chi connectivity index (χ2n) is 12.0. The van der Waals surface area contributed by atoms with Crippen LogP contribution in [0, 0.1) is 28.6 Å². The van der Waals surface area contributed by atoms with Crippen molar-refractivity contribution in [2.24, 2.45) is 28.6 Å². The monoisotopic (exact) mass is 432 g/mol. The van der Waals surface area contributed by atoms with Gasteiger partial charge in [-0.15, -0.1) is 0 Å². The fraction of sp³-hybridized carbons (Fsp3) is 0.923. The molecule has 3 aliphatic carbocycles. The van der Waals surface area contributed by atoms with Crippen LogP contribution in [0.4, 0.5) is 0 Å². The molecule has 3 saturated carbocycles. The summed E-state index contributed by atoms with van der Waals surface area (Å²) in [4.78, 5) is 26.8. The van der Waals surface area contributed by atoms with Gasteiger partial charge < -0.3 is 15.0 Å². The summed E-state index contributed by atoms with van der Waals surface area (Å²) in [7, 11) is 0. The molecule has 5 heteroatoms. The largest absolute Gasteiger partial charge is 0.368 e. The maximum Gasteiger partial charge on any atom is 0.249 e. The first-order chi connectivity index (χ1) is 14.6. The summed E-state index contributed by atoms with van der Waals surface area (Å²) in [6.45, 7) is 13.4. The number of hydrogen-bond acceptors (Lipinski definition) is 3. The number of nitrogens with one attached hydrogen (secondary N) is 1. The quantitative estimate of drug-likeness (QED) is 0.694. The first-order valence-corrected chi connectivity index (χ1v) is 12.8. The van der Waals surface area contributed by atoms with Crippen molar-refractivity contribution in [3.63, 3.8) is 0 Å². The molecular weight excluding hydrogens is 388 g/mol. The normalized spacial score (nSPS) is 42.1. The minimum absolute atomic E-state index is 0.122. The molecule has 4 fully saturated rings. The highest BCUT2D eigenvalue weighted by Gasteiger charge is 2.60. The van der Waals surface area contributed by atoms with Gasteiger partial charge in [0.05, 0.1) is 6.10 Å². The molecule has 1 N–H and O–H groups in total. The van der Waals surface area contributed by atoms with Crippen LogP contribution in [0.15, 0.2) is 0 Å². The van der Waals surface area contributed by atoms with E-state index >= 15 is 0 Å². The minimum Gasteiger partial charge on any atom is -0.368 e. The van der Waals surface area contributed by atoms with Gasteiger partial charge in [-0.05, 0) is 101 Å². The van der Waals surface area contributed by atoms with Crippen molar-refractivity contribution in [1.29, 1.82) is 0 Å². The standard InChI is InChI=1S/C26H44N2O3/c1-16(2)28(17(3)4)24(30)15-31-22-10-8-19-18-7-9-21-25(5,14-12-23(29)27-21)20(18)11-13-26(19,22)6/h16-22H,7-15H2,1-6H3,(H,27,29)/t18-,19-,20-,21+,22-,25+,26-/m0/s1. The van der Waals surface area contributed by atoms with Crippen LogP contribution in [0.25, 0.3) is 0 Å². The molecule has 0 aromatic carbocycles. The van der Waals surface area contributed by atoms with Gasteiger partial charge in [0, 0.05) is 24.5 Å². The van der Waals surface area contributed by atoms with E-state index in [0.717, 1.165) is 25.2 Å². The topological polar surface area (TPSA) is 58.6 Å². The van der Waals surface area contributed by atoms with Gasteiger partial charge >= 0.3 is 0 Å². The van der Waals surface area contributed by atoms with E-state index in [2.05, 4.69) is 46.9 Å². The molecule has 176 valence electrons. The van der Waals surface area contributed by atoms with Gasteiger partial charge in [-0.3, -0.25) is 9.59 Å². The van der Waals surface area contributed by atoms with Gasteiger partial charge in [-0.1, -0.05) is 13.8 Å². The smallest absolute Gasteiger partial charge is 0.249 e. The van der Waals surface area contributed by atoms with Crippen LogP contribution in [0.3, 0.4) is 0 Å². The van der Waals surface area contributed by atoms with Gasteiger partial charge in [0.1, 0.15) is 6.61 Å².